The molecule has 0 aliphatic rings. The molecule has 0 fully saturated rings. The molecule has 0 aliphatic heterocycles. The molecule has 2 aromatic rings. The normalized spacial score (nSPS) is 11.7. The summed E-state index contributed by atoms with van der Waals surface area (Å²) in [5, 5.41) is 14.3. The van der Waals surface area contributed by atoms with Gasteiger partial charge in [-0.05, 0) is 36.8 Å². The first-order chi connectivity index (χ1) is 11.5. The number of carbonyl (C=O) groups excluding carboxylic acids is 1. The first kappa shape index (κ1) is 17.7. The second-order valence-electron chi connectivity index (χ2n) is 5.22. The van der Waals surface area contributed by atoms with Gasteiger partial charge >= 0.3 is 6.03 Å². The molecule has 1 unspecified atom stereocenters. The van der Waals surface area contributed by atoms with E-state index in [9.17, 15) is 18.7 Å². The van der Waals surface area contributed by atoms with E-state index in [-0.39, 0.29) is 18.8 Å². The van der Waals surface area contributed by atoms with Crippen LogP contribution >= 0.6 is 0 Å². The van der Waals surface area contributed by atoms with Gasteiger partial charge < -0.3 is 20.5 Å². The topological polar surface area (TPSA) is 70.6 Å². The van der Waals surface area contributed by atoms with E-state index in [0.29, 0.717) is 5.75 Å². The maximum atomic E-state index is 13.4. The number of amides is 2. The molecule has 0 aliphatic carbocycles. The van der Waals surface area contributed by atoms with Crippen molar-refractivity contribution in [2.24, 2.45) is 0 Å². The molecular formula is C17H18F2N2O3. The molecule has 2 aromatic carbocycles. The predicted octanol–water partition coefficient (Wildman–Crippen LogP) is 2.83. The smallest absolute Gasteiger partial charge is 0.319 e. The number of hydrogen-bond acceptors (Lipinski definition) is 3. The third-order valence-corrected chi connectivity index (χ3v) is 3.13. The first-order valence-corrected chi connectivity index (χ1v) is 7.32. The molecule has 2 rings (SSSR count). The Morgan fingerprint density at radius 1 is 1.25 bits per heavy atom. The first-order valence-electron chi connectivity index (χ1n) is 7.32. The van der Waals surface area contributed by atoms with E-state index in [2.05, 4.69) is 10.6 Å². The van der Waals surface area contributed by atoms with Crippen LogP contribution in [-0.2, 0) is 0 Å². The van der Waals surface area contributed by atoms with Crippen molar-refractivity contribution < 1.29 is 23.4 Å². The summed E-state index contributed by atoms with van der Waals surface area (Å²) < 4.78 is 31.8. The van der Waals surface area contributed by atoms with Gasteiger partial charge in [-0.15, -0.1) is 0 Å². The van der Waals surface area contributed by atoms with Gasteiger partial charge in [0.2, 0.25) is 0 Å². The van der Waals surface area contributed by atoms with Crippen LogP contribution < -0.4 is 15.4 Å². The number of halogens is 2. The second kappa shape index (κ2) is 8.26. The molecule has 7 heteroatoms. The van der Waals surface area contributed by atoms with Crippen molar-refractivity contribution in [3.05, 3.63) is 59.7 Å². The van der Waals surface area contributed by atoms with Crippen LogP contribution in [-0.4, -0.2) is 30.4 Å². The summed E-state index contributed by atoms with van der Waals surface area (Å²) in [6.45, 7) is 1.80. The molecule has 2 amide bonds. The van der Waals surface area contributed by atoms with Gasteiger partial charge in [0.15, 0.2) is 11.6 Å². The number of urea groups is 1. The number of carbonyl (C=O) groups is 1. The number of benzene rings is 2. The Balaban J connectivity index is 1.76. The molecule has 0 radical (unpaired) electrons. The Kier molecular flexibility index (Phi) is 6.08. The van der Waals surface area contributed by atoms with E-state index >= 15 is 0 Å². The Morgan fingerprint density at radius 3 is 2.75 bits per heavy atom. The highest BCUT2D eigenvalue weighted by Gasteiger charge is 2.12. The monoisotopic (exact) mass is 336 g/mol. The molecule has 0 saturated heterocycles. The zero-order chi connectivity index (χ0) is 17.5. The Morgan fingerprint density at radius 2 is 2.00 bits per heavy atom. The molecule has 0 aromatic heterocycles. The largest absolute Gasteiger partial charge is 0.491 e. The van der Waals surface area contributed by atoms with Gasteiger partial charge in [0.25, 0.3) is 0 Å². The van der Waals surface area contributed by atoms with Crippen molar-refractivity contribution in [3.63, 3.8) is 0 Å². The molecule has 0 bridgehead atoms. The number of aliphatic hydroxyl groups is 1. The fourth-order valence-electron chi connectivity index (χ4n) is 1.93. The standard InChI is InChI=1S/C17H18F2N2O3/c1-11-4-2-5-13(8-11)24-10-12(22)9-20-17(23)21-15-7-3-6-14(18)16(15)19/h2-8,12,22H,9-10H2,1H3,(H2,20,21,23). The SMILES string of the molecule is Cc1cccc(OCC(O)CNC(=O)Nc2cccc(F)c2F)c1. The average molecular weight is 336 g/mol. The van der Waals surface area contributed by atoms with E-state index < -0.39 is 23.8 Å². The summed E-state index contributed by atoms with van der Waals surface area (Å²) in [6.07, 6.45) is -0.950. The lowest BCUT2D eigenvalue weighted by Crippen LogP contribution is -2.37. The fourth-order valence-corrected chi connectivity index (χ4v) is 1.93. The highest BCUT2D eigenvalue weighted by Crippen LogP contribution is 2.16. The molecule has 128 valence electrons. The molecule has 0 spiro atoms. The van der Waals surface area contributed by atoms with Gasteiger partial charge in [-0.1, -0.05) is 18.2 Å². The summed E-state index contributed by atoms with van der Waals surface area (Å²) in [5.41, 5.74) is 0.745. The Hall–Kier alpha value is -2.67. The number of hydrogen-bond donors (Lipinski definition) is 3. The fraction of sp³-hybridized carbons (Fsp3) is 0.235. The number of rotatable bonds is 6. The number of ether oxygens (including phenoxy) is 1. The summed E-state index contributed by atoms with van der Waals surface area (Å²) in [6, 6.07) is 10.0. The van der Waals surface area contributed by atoms with E-state index in [4.69, 9.17) is 4.74 Å². The summed E-state index contributed by atoms with van der Waals surface area (Å²) in [4.78, 5) is 11.6. The maximum Gasteiger partial charge on any atom is 0.319 e. The minimum atomic E-state index is -1.14. The summed E-state index contributed by atoms with van der Waals surface area (Å²) >= 11 is 0. The zero-order valence-corrected chi connectivity index (χ0v) is 13.1. The lowest BCUT2D eigenvalue weighted by molar-refractivity contribution is 0.108. The van der Waals surface area contributed by atoms with Crippen LogP contribution in [0.1, 0.15) is 5.56 Å². The molecule has 0 saturated carbocycles. The highest BCUT2D eigenvalue weighted by atomic mass is 19.2. The molecule has 24 heavy (non-hydrogen) atoms. The van der Waals surface area contributed by atoms with E-state index in [0.717, 1.165) is 11.6 Å². The summed E-state index contributed by atoms with van der Waals surface area (Å²) in [7, 11) is 0. The van der Waals surface area contributed by atoms with Crippen LogP contribution in [0.15, 0.2) is 42.5 Å². The van der Waals surface area contributed by atoms with E-state index in [1.807, 2.05) is 25.1 Å². The average Bonchev–Trinajstić information content (AvgIpc) is 2.55. The Labute approximate surface area is 138 Å². The number of nitrogens with one attached hydrogen (secondary N) is 2. The van der Waals surface area contributed by atoms with Crippen LogP contribution in [0.5, 0.6) is 5.75 Å². The van der Waals surface area contributed by atoms with Crippen LogP contribution in [0.3, 0.4) is 0 Å². The quantitative estimate of drug-likeness (QED) is 0.760. The van der Waals surface area contributed by atoms with Gasteiger partial charge in [0.05, 0.1) is 5.69 Å². The number of anilines is 1. The van der Waals surface area contributed by atoms with Gasteiger partial charge in [-0.3, -0.25) is 0 Å². The van der Waals surface area contributed by atoms with Crippen LogP contribution in [0.2, 0.25) is 0 Å². The van der Waals surface area contributed by atoms with Crippen LogP contribution in [0.4, 0.5) is 19.3 Å². The molecule has 0 heterocycles. The van der Waals surface area contributed by atoms with E-state index in [1.54, 1.807) is 6.07 Å². The number of aliphatic hydroxyl groups excluding tert-OH is 1. The van der Waals surface area contributed by atoms with Crippen molar-refractivity contribution >= 4 is 11.7 Å². The van der Waals surface area contributed by atoms with Crippen molar-refractivity contribution in [2.75, 3.05) is 18.5 Å². The van der Waals surface area contributed by atoms with Gasteiger partial charge in [-0.25, -0.2) is 13.6 Å². The lowest BCUT2D eigenvalue weighted by atomic mass is 10.2. The molecule has 5 nitrogen and oxygen atoms in total. The van der Waals surface area contributed by atoms with Gasteiger partial charge in [0, 0.05) is 6.54 Å². The maximum absolute atomic E-state index is 13.4. The molecule has 3 N–H and O–H groups in total. The summed E-state index contributed by atoms with van der Waals surface area (Å²) in [5.74, 6) is -1.59. The number of aryl methyl sites for hydroxylation is 1. The van der Waals surface area contributed by atoms with Crippen LogP contribution in [0, 0.1) is 18.6 Å². The minimum Gasteiger partial charge on any atom is -0.491 e. The highest BCUT2D eigenvalue weighted by molar-refractivity contribution is 5.89. The second-order valence-corrected chi connectivity index (χ2v) is 5.22. The zero-order valence-electron chi connectivity index (χ0n) is 13.1. The van der Waals surface area contributed by atoms with Crippen molar-refractivity contribution in [3.8, 4) is 5.75 Å². The predicted molar refractivity (Wildman–Crippen MR) is 86.1 cm³/mol. The van der Waals surface area contributed by atoms with Crippen molar-refractivity contribution in [1.29, 1.82) is 0 Å². The molecular weight excluding hydrogens is 318 g/mol. The Bertz CT molecular complexity index is 710. The van der Waals surface area contributed by atoms with Crippen molar-refractivity contribution in [2.45, 2.75) is 13.0 Å². The molecule has 1 atom stereocenters. The van der Waals surface area contributed by atoms with Crippen molar-refractivity contribution in [1.82, 2.24) is 5.32 Å². The van der Waals surface area contributed by atoms with Gasteiger partial charge in [0.1, 0.15) is 18.5 Å². The third-order valence-electron chi connectivity index (χ3n) is 3.13. The van der Waals surface area contributed by atoms with E-state index in [1.165, 1.54) is 12.1 Å². The van der Waals surface area contributed by atoms with Gasteiger partial charge in [-0.2, -0.15) is 0 Å². The van der Waals surface area contributed by atoms with Crippen LogP contribution in [0.25, 0.3) is 0 Å². The minimum absolute atomic E-state index is 0.0158. The lowest BCUT2D eigenvalue weighted by Gasteiger charge is -2.14. The third kappa shape index (κ3) is 5.20.